The number of hydrogen-bond acceptors (Lipinski definition) is 6. The highest BCUT2D eigenvalue weighted by atomic mass is 16.6. The number of carbonyl (C=O) groups excluding carboxylic acids is 2. The molecule has 1 aliphatic carbocycles. The van der Waals surface area contributed by atoms with Crippen LogP contribution in [-0.4, -0.2) is 73.7 Å². The second-order valence-electron chi connectivity index (χ2n) is 9.20. The SMILES string of the molecule is COCCN(CCN[C@H]1CCC[C@@H]1NC(=O)OC(C)(C)C)C(=O)OC(C)(C)C. The van der Waals surface area contributed by atoms with Gasteiger partial charge in [0, 0.05) is 38.8 Å². The fourth-order valence-corrected chi connectivity index (χ4v) is 3.04. The standard InChI is InChI=1S/C20H39N3O5/c1-19(2,3)27-17(24)22-16-10-8-9-15(16)21-11-12-23(13-14-26-7)18(25)28-20(4,5)6/h15-16,21H,8-14H2,1-7H3,(H,22,24)/t15-,16-/m0/s1. The first-order valence-corrected chi connectivity index (χ1v) is 10.1. The summed E-state index contributed by atoms with van der Waals surface area (Å²) in [6.45, 7) is 13.1. The molecular formula is C20H39N3O5. The summed E-state index contributed by atoms with van der Waals surface area (Å²) in [5, 5.41) is 6.43. The van der Waals surface area contributed by atoms with Crippen molar-refractivity contribution in [3.8, 4) is 0 Å². The van der Waals surface area contributed by atoms with E-state index in [1.54, 1.807) is 12.0 Å². The first-order chi connectivity index (χ1) is 12.9. The van der Waals surface area contributed by atoms with Crippen molar-refractivity contribution >= 4 is 12.2 Å². The number of methoxy groups -OCH3 is 1. The molecule has 0 aromatic rings. The van der Waals surface area contributed by atoms with E-state index in [0.717, 1.165) is 19.3 Å². The van der Waals surface area contributed by atoms with Gasteiger partial charge in [-0.2, -0.15) is 0 Å². The van der Waals surface area contributed by atoms with Gasteiger partial charge in [-0.1, -0.05) is 0 Å². The van der Waals surface area contributed by atoms with Crippen molar-refractivity contribution in [2.24, 2.45) is 0 Å². The first kappa shape index (κ1) is 24.5. The number of nitrogens with one attached hydrogen (secondary N) is 2. The Kier molecular flexibility index (Phi) is 9.50. The maximum atomic E-state index is 12.4. The molecule has 2 amide bonds. The zero-order chi connectivity index (χ0) is 21.4. The van der Waals surface area contributed by atoms with Gasteiger partial charge in [-0.25, -0.2) is 9.59 Å². The van der Waals surface area contributed by atoms with Crippen molar-refractivity contribution < 1.29 is 23.8 Å². The van der Waals surface area contributed by atoms with E-state index in [1.165, 1.54) is 0 Å². The third kappa shape index (κ3) is 10.1. The molecule has 164 valence electrons. The molecule has 1 fully saturated rings. The maximum Gasteiger partial charge on any atom is 0.410 e. The summed E-state index contributed by atoms with van der Waals surface area (Å²) >= 11 is 0. The maximum absolute atomic E-state index is 12.4. The molecular weight excluding hydrogens is 362 g/mol. The summed E-state index contributed by atoms with van der Waals surface area (Å²) in [6, 6.07) is 0.194. The second-order valence-corrected chi connectivity index (χ2v) is 9.20. The van der Waals surface area contributed by atoms with Gasteiger partial charge in [0.25, 0.3) is 0 Å². The van der Waals surface area contributed by atoms with Gasteiger partial charge in [-0.3, -0.25) is 0 Å². The zero-order valence-corrected chi connectivity index (χ0v) is 18.6. The Morgan fingerprint density at radius 3 is 2.14 bits per heavy atom. The second kappa shape index (κ2) is 10.9. The molecule has 1 aliphatic rings. The van der Waals surface area contributed by atoms with Crippen LogP contribution in [0.4, 0.5) is 9.59 Å². The molecule has 1 saturated carbocycles. The zero-order valence-electron chi connectivity index (χ0n) is 18.6. The summed E-state index contributed by atoms with van der Waals surface area (Å²) in [5.41, 5.74) is -1.05. The van der Waals surface area contributed by atoms with Crippen LogP contribution in [0.3, 0.4) is 0 Å². The Bertz CT molecular complexity index is 499. The van der Waals surface area contributed by atoms with Crippen molar-refractivity contribution in [3.05, 3.63) is 0 Å². The topological polar surface area (TPSA) is 89.1 Å². The lowest BCUT2D eigenvalue weighted by Crippen LogP contribution is -2.50. The third-order valence-corrected chi connectivity index (χ3v) is 4.22. The average molecular weight is 402 g/mol. The van der Waals surface area contributed by atoms with Crippen LogP contribution in [0.25, 0.3) is 0 Å². The van der Waals surface area contributed by atoms with Gasteiger partial charge in [-0.05, 0) is 60.8 Å². The quantitative estimate of drug-likeness (QED) is 0.650. The van der Waals surface area contributed by atoms with E-state index in [9.17, 15) is 9.59 Å². The summed E-state index contributed by atoms with van der Waals surface area (Å²) < 4.78 is 15.9. The molecule has 0 aromatic carbocycles. The molecule has 0 aliphatic heterocycles. The van der Waals surface area contributed by atoms with Crippen molar-refractivity contribution in [3.63, 3.8) is 0 Å². The normalized spacial score (nSPS) is 20.0. The Hall–Kier alpha value is -1.54. The van der Waals surface area contributed by atoms with Crippen LogP contribution < -0.4 is 10.6 Å². The van der Waals surface area contributed by atoms with E-state index in [2.05, 4.69) is 10.6 Å². The highest BCUT2D eigenvalue weighted by Gasteiger charge is 2.30. The van der Waals surface area contributed by atoms with Gasteiger partial charge in [0.15, 0.2) is 0 Å². The Labute approximate surface area is 169 Å². The van der Waals surface area contributed by atoms with Crippen LogP contribution in [-0.2, 0) is 14.2 Å². The summed E-state index contributed by atoms with van der Waals surface area (Å²) in [7, 11) is 1.61. The number of hydrogen-bond donors (Lipinski definition) is 2. The molecule has 0 bridgehead atoms. The van der Waals surface area contributed by atoms with E-state index in [1.807, 2.05) is 41.5 Å². The highest BCUT2D eigenvalue weighted by Crippen LogP contribution is 2.20. The van der Waals surface area contributed by atoms with Gasteiger partial charge < -0.3 is 29.7 Å². The molecule has 0 spiro atoms. The smallest absolute Gasteiger partial charge is 0.410 e. The largest absolute Gasteiger partial charge is 0.444 e. The van der Waals surface area contributed by atoms with Gasteiger partial charge in [0.1, 0.15) is 11.2 Å². The van der Waals surface area contributed by atoms with E-state index in [-0.39, 0.29) is 24.3 Å². The number of amides is 2. The number of alkyl carbamates (subject to hydrolysis) is 1. The minimum absolute atomic E-state index is 0.0313. The van der Waals surface area contributed by atoms with Gasteiger partial charge in [0.05, 0.1) is 6.61 Å². The molecule has 1 rings (SSSR count). The molecule has 0 aromatic heterocycles. The average Bonchev–Trinajstić information content (AvgIpc) is 2.93. The van der Waals surface area contributed by atoms with E-state index >= 15 is 0 Å². The predicted octanol–water partition coefficient (Wildman–Crippen LogP) is 2.91. The number of rotatable bonds is 8. The first-order valence-electron chi connectivity index (χ1n) is 10.1. The molecule has 8 heteroatoms. The van der Waals surface area contributed by atoms with E-state index < -0.39 is 11.2 Å². The molecule has 0 unspecified atom stereocenters. The Morgan fingerprint density at radius 2 is 1.57 bits per heavy atom. The van der Waals surface area contributed by atoms with Crippen LogP contribution in [0.5, 0.6) is 0 Å². The lowest BCUT2D eigenvalue weighted by atomic mass is 10.1. The Balaban J connectivity index is 2.50. The highest BCUT2D eigenvalue weighted by molar-refractivity contribution is 5.68. The van der Waals surface area contributed by atoms with Gasteiger partial charge in [-0.15, -0.1) is 0 Å². The lowest BCUT2D eigenvalue weighted by molar-refractivity contribution is 0.0202. The minimum Gasteiger partial charge on any atom is -0.444 e. The van der Waals surface area contributed by atoms with Crippen LogP contribution in [0.1, 0.15) is 60.8 Å². The summed E-state index contributed by atoms with van der Waals surface area (Å²) in [4.78, 5) is 26.1. The van der Waals surface area contributed by atoms with Crippen LogP contribution in [0, 0.1) is 0 Å². The van der Waals surface area contributed by atoms with Crippen molar-refractivity contribution in [2.75, 3.05) is 33.4 Å². The van der Waals surface area contributed by atoms with Crippen molar-refractivity contribution in [2.45, 2.75) is 84.1 Å². The van der Waals surface area contributed by atoms with Crippen LogP contribution in [0.2, 0.25) is 0 Å². The molecule has 2 N–H and O–H groups in total. The molecule has 0 radical (unpaired) electrons. The van der Waals surface area contributed by atoms with Crippen LogP contribution in [0.15, 0.2) is 0 Å². The summed E-state index contributed by atoms with van der Waals surface area (Å²) in [6.07, 6.45) is 2.20. The molecule has 28 heavy (non-hydrogen) atoms. The summed E-state index contributed by atoms with van der Waals surface area (Å²) in [5.74, 6) is 0. The molecule has 8 nitrogen and oxygen atoms in total. The van der Waals surface area contributed by atoms with Gasteiger partial charge in [0.2, 0.25) is 0 Å². The Morgan fingerprint density at radius 1 is 0.964 bits per heavy atom. The van der Waals surface area contributed by atoms with E-state index in [0.29, 0.717) is 26.2 Å². The van der Waals surface area contributed by atoms with Crippen molar-refractivity contribution in [1.29, 1.82) is 0 Å². The van der Waals surface area contributed by atoms with Crippen LogP contribution >= 0.6 is 0 Å². The fraction of sp³-hybridized carbons (Fsp3) is 0.900. The monoisotopic (exact) mass is 401 g/mol. The minimum atomic E-state index is -0.538. The number of carbonyl (C=O) groups is 2. The van der Waals surface area contributed by atoms with Gasteiger partial charge >= 0.3 is 12.2 Å². The van der Waals surface area contributed by atoms with E-state index in [4.69, 9.17) is 14.2 Å². The fourth-order valence-electron chi connectivity index (χ4n) is 3.04. The van der Waals surface area contributed by atoms with Crippen molar-refractivity contribution in [1.82, 2.24) is 15.5 Å². The predicted molar refractivity (Wildman–Crippen MR) is 108 cm³/mol. The molecule has 2 atom stereocenters. The number of nitrogens with zero attached hydrogens (tertiary/aromatic N) is 1. The third-order valence-electron chi connectivity index (χ3n) is 4.22. The number of ether oxygens (including phenoxy) is 3. The molecule has 0 saturated heterocycles. The lowest BCUT2D eigenvalue weighted by Gasteiger charge is -2.29. The molecule has 0 heterocycles.